The Kier molecular flexibility index (Phi) is 5.43. The Morgan fingerprint density at radius 3 is 2.17 bits per heavy atom. The lowest BCUT2D eigenvalue weighted by atomic mass is 9.97. The quantitative estimate of drug-likeness (QED) is 0.420. The number of rotatable bonds is 5. The minimum atomic E-state index is -0.817. The number of methoxy groups -OCH3 is 3. The van der Waals surface area contributed by atoms with Crippen molar-refractivity contribution in [1.82, 2.24) is 4.98 Å². The molecule has 1 amide bonds. The van der Waals surface area contributed by atoms with Gasteiger partial charge in [-0.2, -0.15) is 0 Å². The van der Waals surface area contributed by atoms with Gasteiger partial charge in [0.05, 0.1) is 38.3 Å². The molecule has 1 aliphatic rings. The third-order valence-electron chi connectivity index (χ3n) is 6.17. The molecule has 0 aliphatic carbocycles. The minimum Gasteiger partial charge on any atom is -0.493 e. The largest absolute Gasteiger partial charge is 0.493 e. The van der Waals surface area contributed by atoms with Crippen LogP contribution in [0.3, 0.4) is 0 Å². The maximum Gasteiger partial charge on any atom is 0.296 e. The first-order valence-electron chi connectivity index (χ1n) is 11.0. The second-order valence-electron chi connectivity index (χ2n) is 8.40. The third kappa shape index (κ3) is 3.49. The molecule has 178 valence electrons. The van der Waals surface area contributed by atoms with E-state index < -0.39 is 11.9 Å². The van der Waals surface area contributed by atoms with Crippen molar-refractivity contribution in [3.05, 3.63) is 86.9 Å². The number of aryl methyl sites for hydroxylation is 2. The summed E-state index contributed by atoms with van der Waals surface area (Å²) < 4.78 is 22.6. The van der Waals surface area contributed by atoms with E-state index in [1.165, 1.54) is 26.2 Å². The van der Waals surface area contributed by atoms with Gasteiger partial charge in [0.2, 0.25) is 11.5 Å². The van der Waals surface area contributed by atoms with Crippen molar-refractivity contribution in [2.75, 3.05) is 26.2 Å². The van der Waals surface area contributed by atoms with Crippen LogP contribution in [0.25, 0.3) is 11.0 Å². The van der Waals surface area contributed by atoms with E-state index in [2.05, 4.69) is 4.98 Å². The van der Waals surface area contributed by atoms with Crippen molar-refractivity contribution in [2.24, 2.45) is 0 Å². The fourth-order valence-electron chi connectivity index (χ4n) is 4.50. The third-order valence-corrected chi connectivity index (χ3v) is 6.17. The fraction of sp³-hybridized carbons (Fsp3) is 0.222. The van der Waals surface area contributed by atoms with Gasteiger partial charge in [0.15, 0.2) is 16.9 Å². The van der Waals surface area contributed by atoms with Crippen LogP contribution >= 0.6 is 0 Å². The maximum atomic E-state index is 13.8. The second-order valence-corrected chi connectivity index (χ2v) is 8.40. The number of pyridine rings is 1. The topological polar surface area (TPSA) is 91.1 Å². The second kappa shape index (κ2) is 8.47. The summed E-state index contributed by atoms with van der Waals surface area (Å²) in [4.78, 5) is 33.5. The molecule has 0 N–H and O–H groups in total. The van der Waals surface area contributed by atoms with Gasteiger partial charge >= 0.3 is 0 Å². The Morgan fingerprint density at radius 2 is 1.57 bits per heavy atom. The molecule has 4 aromatic rings. The molecule has 0 spiro atoms. The van der Waals surface area contributed by atoms with Crippen LogP contribution in [-0.2, 0) is 0 Å². The number of amides is 1. The lowest BCUT2D eigenvalue weighted by Crippen LogP contribution is -2.30. The summed E-state index contributed by atoms with van der Waals surface area (Å²) in [7, 11) is 4.54. The number of nitrogens with zero attached hydrogens (tertiary/aromatic N) is 2. The van der Waals surface area contributed by atoms with Crippen LogP contribution in [0.1, 0.15) is 38.9 Å². The molecule has 1 atom stereocenters. The van der Waals surface area contributed by atoms with Crippen LogP contribution in [0.5, 0.6) is 17.2 Å². The van der Waals surface area contributed by atoms with E-state index in [0.717, 1.165) is 11.1 Å². The standard InChI is InChI=1S/C27H24N2O6/c1-14-6-8-18-17(10-14)24(30)22-23(16-11-19(32-3)25(34-5)20(12-16)33-4)29(27(31)26(22)35-18)21-9-7-15(2)13-28-21/h6-13,23H,1-5H3. The first kappa shape index (κ1) is 22.5. The predicted octanol–water partition coefficient (Wildman–Crippen LogP) is 4.58. The summed E-state index contributed by atoms with van der Waals surface area (Å²) in [6.07, 6.45) is 1.67. The average Bonchev–Trinajstić information content (AvgIpc) is 3.16. The highest BCUT2D eigenvalue weighted by molar-refractivity contribution is 6.10. The van der Waals surface area contributed by atoms with Crippen LogP contribution < -0.4 is 24.5 Å². The van der Waals surface area contributed by atoms with Crippen molar-refractivity contribution >= 4 is 22.7 Å². The van der Waals surface area contributed by atoms with E-state index in [1.54, 1.807) is 36.5 Å². The Morgan fingerprint density at radius 1 is 0.886 bits per heavy atom. The highest BCUT2D eigenvalue weighted by Gasteiger charge is 2.44. The highest BCUT2D eigenvalue weighted by atomic mass is 16.5. The number of aromatic nitrogens is 1. The number of carbonyl (C=O) groups excluding carboxylic acids is 1. The highest BCUT2D eigenvalue weighted by Crippen LogP contribution is 2.46. The van der Waals surface area contributed by atoms with Gasteiger partial charge < -0.3 is 18.6 Å². The number of carbonyl (C=O) groups is 1. The molecule has 0 saturated carbocycles. The van der Waals surface area contributed by atoms with Gasteiger partial charge in [-0.1, -0.05) is 17.7 Å². The molecule has 0 saturated heterocycles. The van der Waals surface area contributed by atoms with Crippen molar-refractivity contribution in [3.8, 4) is 17.2 Å². The Balaban J connectivity index is 1.84. The van der Waals surface area contributed by atoms with E-state index in [9.17, 15) is 9.59 Å². The van der Waals surface area contributed by atoms with Crippen LogP contribution in [-0.4, -0.2) is 32.2 Å². The zero-order valence-corrected chi connectivity index (χ0v) is 20.0. The molecule has 1 aliphatic heterocycles. The minimum absolute atomic E-state index is 0.00696. The molecule has 0 bridgehead atoms. The van der Waals surface area contributed by atoms with Gasteiger partial charge in [0.1, 0.15) is 11.4 Å². The van der Waals surface area contributed by atoms with E-state index in [4.69, 9.17) is 18.6 Å². The summed E-state index contributed by atoms with van der Waals surface area (Å²) >= 11 is 0. The van der Waals surface area contributed by atoms with E-state index >= 15 is 0 Å². The van der Waals surface area contributed by atoms with E-state index in [1.807, 2.05) is 26.0 Å². The van der Waals surface area contributed by atoms with Crippen molar-refractivity contribution in [3.63, 3.8) is 0 Å². The number of anilines is 1. The number of fused-ring (bicyclic) bond motifs is 2. The molecule has 8 nitrogen and oxygen atoms in total. The fourth-order valence-corrected chi connectivity index (χ4v) is 4.50. The number of hydrogen-bond acceptors (Lipinski definition) is 7. The summed E-state index contributed by atoms with van der Waals surface area (Å²) in [5.74, 6) is 1.15. The maximum absolute atomic E-state index is 13.8. The SMILES string of the molecule is COc1cc(C2c3c(oc4ccc(C)cc4c3=O)C(=O)N2c2ccc(C)cn2)cc(OC)c1OC. The lowest BCUT2D eigenvalue weighted by Gasteiger charge is -2.25. The molecule has 2 aromatic carbocycles. The average molecular weight is 472 g/mol. The van der Waals surface area contributed by atoms with Crippen molar-refractivity contribution < 1.29 is 23.4 Å². The zero-order valence-electron chi connectivity index (χ0n) is 20.0. The first-order chi connectivity index (χ1) is 16.9. The number of ether oxygens (including phenoxy) is 3. The van der Waals surface area contributed by atoms with Crippen LogP contribution in [0.2, 0.25) is 0 Å². The van der Waals surface area contributed by atoms with Gasteiger partial charge in [-0.15, -0.1) is 0 Å². The van der Waals surface area contributed by atoms with Gasteiger partial charge in [-0.05, 0) is 55.3 Å². The molecule has 35 heavy (non-hydrogen) atoms. The van der Waals surface area contributed by atoms with Gasteiger partial charge in [0.25, 0.3) is 5.91 Å². The van der Waals surface area contributed by atoms with Gasteiger partial charge in [0, 0.05) is 6.20 Å². The number of hydrogen-bond donors (Lipinski definition) is 0. The van der Waals surface area contributed by atoms with Crippen LogP contribution in [0.4, 0.5) is 5.82 Å². The molecular weight excluding hydrogens is 448 g/mol. The first-order valence-corrected chi connectivity index (χ1v) is 11.0. The lowest BCUT2D eigenvalue weighted by molar-refractivity contribution is 0.0970. The summed E-state index contributed by atoms with van der Waals surface area (Å²) in [6.45, 7) is 3.81. The summed E-state index contributed by atoms with van der Waals surface area (Å²) in [5, 5.41) is 0.410. The van der Waals surface area contributed by atoms with Gasteiger partial charge in [-0.3, -0.25) is 14.5 Å². The van der Waals surface area contributed by atoms with Gasteiger partial charge in [-0.25, -0.2) is 4.98 Å². The number of benzene rings is 2. The van der Waals surface area contributed by atoms with Crippen molar-refractivity contribution in [2.45, 2.75) is 19.9 Å². The summed E-state index contributed by atoms with van der Waals surface area (Å²) in [6, 6.07) is 11.6. The molecule has 0 radical (unpaired) electrons. The molecule has 2 aromatic heterocycles. The summed E-state index contributed by atoms with van der Waals surface area (Å²) in [5.41, 5.74) is 2.77. The Bertz CT molecular complexity index is 1500. The van der Waals surface area contributed by atoms with E-state index in [-0.39, 0.29) is 16.8 Å². The molecule has 8 heteroatoms. The smallest absolute Gasteiger partial charge is 0.296 e. The van der Waals surface area contributed by atoms with Crippen LogP contribution in [0.15, 0.2) is 57.9 Å². The van der Waals surface area contributed by atoms with E-state index in [0.29, 0.717) is 39.6 Å². The molecule has 0 fully saturated rings. The molecule has 1 unspecified atom stereocenters. The van der Waals surface area contributed by atoms with Crippen LogP contribution in [0, 0.1) is 13.8 Å². The predicted molar refractivity (Wildman–Crippen MR) is 131 cm³/mol. The molecule has 5 rings (SSSR count). The van der Waals surface area contributed by atoms with Crippen molar-refractivity contribution in [1.29, 1.82) is 0 Å². The Hall–Kier alpha value is -4.33. The Labute approximate surface area is 201 Å². The zero-order chi connectivity index (χ0) is 24.9. The molecule has 3 heterocycles. The molecular formula is C27H24N2O6. The normalized spacial score (nSPS) is 14.8. The monoisotopic (exact) mass is 472 g/mol.